The Morgan fingerprint density at radius 2 is 2.00 bits per heavy atom. The van der Waals surface area contributed by atoms with Crippen LogP contribution in [0.3, 0.4) is 0 Å². The van der Waals surface area contributed by atoms with Gasteiger partial charge in [0.2, 0.25) is 0 Å². The van der Waals surface area contributed by atoms with Gasteiger partial charge in [-0.25, -0.2) is 4.39 Å². The van der Waals surface area contributed by atoms with Crippen molar-refractivity contribution in [2.75, 3.05) is 18.5 Å². The van der Waals surface area contributed by atoms with Gasteiger partial charge in [0.15, 0.2) is 0 Å². The van der Waals surface area contributed by atoms with Crippen LogP contribution < -0.4 is 10.5 Å². The van der Waals surface area contributed by atoms with E-state index in [4.69, 9.17) is 0 Å². The number of hydrogen-bond donors (Lipinski definition) is 0. The number of anilines is 1. The van der Waals surface area contributed by atoms with Crippen molar-refractivity contribution >= 4 is 5.69 Å². The molecule has 0 bridgehead atoms. The number of halogens is 1. The van der Waals surface area contributed by atoms with Crippen LogP contribution in [0.15, 0.2) is 35.3 Å². The number of fused-ring (bicyclic) bond motifs is 1. The second kappa shape index (κ2) is 4.97. The lowest BCUT2D eigenvalue weighted by atomic mass is 9.87. The third-order valence-corrected chi connectivity index (χ3v) is 4.52. The van der Waals surface area contributed by atoms with E-state index in [1.54, 1.807) is 16.7 Å². The summed E-state index contributed by atoms with van der Waals surface area (Å²) in [7, 11) is 2.05. The summed E-state index contributed by atoms with van der Waals surface area (Å²) in [5.74, 6) is -0.246. The molecule has 0 spiro atoms. The minimum Gasteiger partial charge on any atom is -0.372 e. The molecule has 1 aromatic carbocycles. The fourth-order valence-corrected chi connectivity index (χ4v) is 3.31. The second-order valence-electron chi connectivity index (χ2n) is 6.85. The molecule has 0 radical (unpaired) electrons. The zero-order chi connectivity index (χ0) is 16.1. The number of likely N-dealkylation sites (N-methyl/N-ethyl adjacent to an activating group) is 1. The SMILES string of the molecule is Cc1cc(F)ccc1Cn1cc2c(cc1=O)C(C)(C)CN2C. The molecule has 0 aliphatic carbocycles. The van der Waals surface area contributed by atoms with Gasteiger partial charge in [0.1, 0.15) is 5.82 Å². The van der Waals surface area contributed by atoms with E-state index in [-0.39, 0.29) is 16.8 Å². The number of nitrogens with zero attached hydrogens (tertiary/aromatic N) is 2. The number of benzene rings is 1. The molecule has 22 heavy (non-hydrogen) atoms. The van der Waals surface area contributed by atoms with E-state index in [1.807, 2.05) is 20.2 Å². The number of aryl methyl sites for hydroxylation is 1. The van der Waals surface area contributed by atoms with E-state index < -0.39 is 0 Å². The molecule has 4 heteroatoms. The van der Waals surface area contributed by atoms with Crippen LogP contribution in [0.1, 0.15) is 30.5 Å². The van der Waals surface area contributed by atoms with E-state index in [1.165, 1.54) is 12.1 Å². The summed E-state index contributed by atoms with van der Waals surface area (Å²) in [6, 6.07) is 6.44. The maximum Gasteiger partial charge on any atom is 0.251 e. The molecule has 3 rings (SSSR count). The highest BCUT2D eigenvalue weighted by atomic mass is 19.1. The Morgan fingerprint density at radius 3 is 2.68 bits per heavy atom. The Balaban J connectivity index is 2.03. The lowest BCUT2D eigenvalue weighted by molar-refractivity contribution is 0.562. The molecule has 1 aromatic heterocycles. The molecule has 0 saturated carbocycles. The van der Waals surface area contributed by atoms with Crippen molar-refractivity contribution in [1.82, 2.24) is 4.57 Å². The molecule has 2 heterocycles. The minimum absolute atomic E-state index is 0.00583. The predicted octanol–water partition coefficient (Wildman–Crippen LogP) is 3.07. The normalized spacial score (nSPS) is 16.0. The first-order valence-corrected chi connectivity index (χ1v) is 7.49. The maximum atomic E-state index is 13.2. The van der Waals surface area contributed by atoms with E-state index in [2.05, 4.69) is 18.7 Å². The van der Waals surface area contributed by atoms with Crippen molar-refractivity contribution in [3.63, 3.8) is 0 Å². The lowest BCUT2D eigenvalue weighted by Crippen LogP contribution is -2.25. The molecule has 0 amide bonds. The van der Waals surface area contributed by atoms with E-state index in [0.29, 0.717) is 6.54 Å². The molecule has 0 saturated heterocycles. The number of rotatable bonds is 2. The predicted molar refractivity (Wildman–Crippen MR) is 87.2 cm³/mol. The summed E-state index contributed by atoms with van der Waals surface area (Å²) in [4.78, 5) is 14.6. The topological polar surface area (TPSA) is 25.2 Å². The van der Waals surface area contributed by atoms with Crippen molar-refractivity contribution in [3.8, 4) is 0 Å². The van der Waals surface area contributed by atoms with Gasteiger partial charge in [0.05, 0.1) is 12.2 Å². The molecule has 1 aliphatic heterocycles. The van der Waals surface area contributed by atoms with Crippen LogP contribution in [-0.4, -0.2) is 18.2 Å². The summed E-state index contributed by atoms with van der Waals surface area (Å²) in [6.07, 6.45) is 1.93. The molecule has 3 nitrogen and oxygen atoms in total. The highest BCUT2D eigenvalue weighted by Gasteiger charge is 2.34. The Bertz CT molecular complexity index is 792. The minimum atomic E-state index is -0.246. The first-order chi connectivity index (χ1) is 10.3. The monoisotopic (exact) mass is 300 g/mol. The molecular weight excluding hydrogens is 279 g/mol. The van der Waals surface area contributed by atoms with E-state index in [9.17, 15) is 9.18 Å². The van der Waals surface area contributed by atoms with Crippen molar-refractivity contribution < 1.29 is 4.39 Å². The summed E-state index contributed by atoms with van der Waals surface area (Å²) in [5.41, 5.74) is 4.01. The maximum absolute atomic E-state index is 13.2. The number of hydrogen-bond acceptors (Lipinski definition) is 2. The Labute approximate surface area is 130 Å². The smallest absolute Gasteiger partial charge is 0.251 e. The van der Waals surface area contributed by atoms with E-state index >= 15 is 0 Å². The standard InChI is InChI=1S/C18H21FN2O/c1-12-7-14(19)6-5-13(12)9-21-10-16-15(8-17(21)22)18(2,3)11-20(16)4/h5-8,10H,9,11H2,1-4H3. The summed E-state index contributed by atoms with van der Waals surface area (Å²) in [5, 5.41) is 0. The lowest BCUT2D eigenvalue weighted by Gasteiger charge is -2.18. The van der Waals surface area contributed by atoms with Crippen LogP contribution in [0.2, 0.25) is 0 Å². The van der Waals surface area contributed by atoms with Gasteiger partial charge in [0, 0.05) is 31.3 Å². The van der Waals surface area contributed by atoms with Gasteiger partial charge in [0.25, 0.3) is 5.56 Å². The third-order valence-electron chi connectivity index (χ3n) is 4.52. The van der Waals surface area contributed by atoms with Gasteiger partial charge in [-0.3, -0.25) is 4.79 Å². The van der Waals surface area contributed by atoms with Gasteiger partial charge in [-0.1, -0.05) is 19.9 Å². The number of pyridine rings is 1. The summed E-state index contributed by atoms with van der Waals surface area (Å²) in [6.45, 7) is 7.55. The van der Waals surface area contributed by atoms with Crippen LogP contribution in [-0.2, 0) is 12.0 Å². The molecule has 0 fully saturated rings. The van der Waals surface area contributed by atoms with Gasteiger partial charge < -0.3 is 9.47 Å². The fraction of sp³-hybridized carbons (Fsp3) is 0.389. The van der Waals surface area contributed by atoms with E-state index in [0.717, 1.165) is 28.9 Å². The molecule has 116 valence electrons. The second-order valence-corrected chi connectivity index (χ2v) is 6.85. The van der Waals surface area contributed by atoms with Crippen LogP contribution in [0, 0.1) is 12.7 Å². The van der Waals surface area contributed by atoms with Gasteiger partial charge in [-0.2, -0.15) is 0 Å². The quantitative estimate of drug-likeness (QED) is 0.851. The summed E-state index contributed by atoms with van der Waals surface area (Å²) >= 11 is 0. The van der Waals surface area contributed by atoms with Crippen molar-refractivity contribution in [3.05, 3.63) is 63.3 Å². The molecule has 0 atom stereocenters. The van der Waals surface area contributed by atoms with Crippen molar-refractivity contribution in [1.29, 1.82) is 0 Å². The molecular formula is C18H21FN2O. The van der Waals surface area contributed by atoms with Crippen LogP contribution in [0.25, 0.3) is 0 Å². The van der Waals surface area contributed by atoms with Crippen LogP contribution in [0.5, 0.6) is 0 Å². The van der Waals surface area contributed by atoms with Gasteiger partial charge in [-0.15, -0.1) is 0 Å². The van der Waals surface area contributed by atoms with Gasteiger partial charge in [-0.05, 0) is 35.7 Å². The number of aromatic nitrogens is 1. The molecule has 0 unspecified atom stereocenters. The molecule has 2 aromatic rings. The van der Waals surface area contributed by atoms with Crippen LogP contribution >= 0.6 is 0 Å². The zero-order valence-electron chi connectivity index (χ0n) is 13.5. The zero-order valence-corrected chi connectivity index (χ0v) is 13.5. The Morgan fingerprint density at radius 1 is 1.27 bits per heavy atom. The molecule has 0 N–H and O–H groups in total. The van der Waals surface area contributed by atoms with Crippen LogP contribution in [0.4, 0.5) is 10.1 Å². The highest BCUT2D eigenvalue weighted by molar-refractivity contribution is 5.60. The average molecular weight is 300 g/mol. The first kappa shape index (κ1) is 14.8. The summed E-state index contributed by atoms with van der Waals surface area (Å²) < 4.78 is 14.9. The van der Waals surface area contributed by atoms with Crippen molar-refractivity contribution in [2.24, 2.45) is 0 Å². The van der Waals surface area contributed by atoms with Gasteiger partial charge >= 0.3 is 0 Å². The average Bonchev–Trinajstić information content (AvgIpc) is 2.63. The largest absolute Gasteiger partial charge is 0.372 e. The third kappa shape index (κ3) is 2.43. The Kier molecular flexibility index (Phi) is 3.35. The Hall–Kier alpha value is -2.10. The molecule has 1 aliphatic rings. The fourth-order valence-electron chi connectivity index (χ4n) is 3.31. The highest BCUT2D eigenvalue weighted by Crippen LogP contribution is 2.38. The van der Waals surface area contributed by atoms with Crippen molar-refractivity contribution in [2.45, 2.75) is 32.7 Å². The first-order valence-electron chi connectivity index (χ1n) is 7.49.